The Hall–Kier alpha value is -2.56. The smallest absolute Gasteiger partial charge is 0.325 e. The largest absolute Gasteiger partial charge is 0.366 e. The molecule has 0 fully saturated rings. The summed E-state index contributed by atoms with van der Waals surface area (Å²) in [5, 5.41) is 0. The fourth-order valence-corrected chi connectivity index (χ4v) is 2.95. The highest BCUT2D eigenvalue weighted by molar-refractivity contribution is 5.99. The molecule has 3 amide bonds. The summed E-state index contributed by atoms with van der Waals surface area (Å²) in [7, 11) is 1.80. The summed E-state index contributed by atoms with van der Waals surface area (Å²) in [5.74, 6) is -0.491. The molecule has 0 aliphatic carbocycles. The zero-order valence-corrected chi connectivity index (χ0v) is 14.7. The molecule has 1 atom stereocenters. The van der Waals surface area contributed by atoms with Gasteiger partial charge in [-0.25, -0.2) is 4.79 Å². The molecule has 0 saturated carbocycles. The van der Waals surface area contributed by atoms with E-state index in [0.717, 1.165) is 23.2 Å². The van der Waals surface area contributed by atoms with Crippen molar-refractivity contribution in [2.45, 2.75) is 33.2 Å². The van der Waals surface area contributed by atoms with Crippen LogP contribution < -0.4 is 10.6 Å². The highest BCUT2D eigenvalue weighted by Gasteiger charge is 2.33. The number of amides is 3. The Bertz CT molecular complexity index is 707. The van der Waals surface area contributed by atoms with Crippen LogP contribution in [0, 0.1) is 0 Å². The molecule has 0 radical (unpaired) electrons. The minimum atomic E-state index is -0.491. The van der Waals surface area contributed by atoms with Crippen molar-refractivity contribution >= 4 is 17.6 Å². The first-order chi connectivity index (χ1) is 11.4. The Morgan fingerprint density at radius 1 is 1.38 bits per heavy atom. The molecule has 0 saturated heterocycles. The number of rotatable bonds is 5. The lowest BCUT2D eigenvalue weighted by Crippen LogP contribution is -2.47. The van der Waals surface area contributed by atoms with E-state index >= 15 is 0 Å². The molecule has 1 unspecified atom stereocenters. The molecule has 1 aliphatic rings. The number of hydrogen-bond donors (Lipinski definition) is 1. The van der Waals surface area contributed by atoms with E-state index in [1.165, 1.54) is 0 Å². The van der Waals surface area contributed by atoms with Crippen LogP contribution in [0.5, 0.6) is 0 Å². The number of allylic oxidation sites excluding steroid dienone is 2. The standard InChI is InChI=1S/C19H25N3O2/c1-5-7-14(8-6-2)12-22-17-11-15(18(20)23)9-10-16(17)13(3)21(4)19(22)24/h5,7-11,13H,6,12H2,1-4H3,(H2,20,23)/b7-5-,14-8+. The first kappa shape index (κ1) is 17.8. The van der Waals surface area contributed by atoms with Crippen LogP contribution in [0.25, 0.3) is 0 Å². The van der Waals surface area contributed by atoms with Crippen molar-refractivity contribution in [3.63, 3.8) is 0 Å². The normalized spacial score (nSPS) is 18.2. The van der Waals surface area contributed by atoms with Crippen LogP contribution in [0.15, 0.2) is 42.0 Å². The molecule has 5 nitrogen and oxygen atoms in total. The Kier molecular flexibility index (Phi) is 5.44. The number of fused-ring (bicyclic) bond motifs is 1. The van der Waals surface area contributed by atoms with Crippen LogP contribution in [-0.2, 0) is 0 Å². The summed E-state index contributed by atoms with van der Waals surface area (Å²) in [6, 6.07) is 5.19. The summed E-state index contributed by atoms with van der Waals surface area (Å²) < 4.78 is 0. The second-order valence-corrected chi connectivity index (χ2v) is 5.98. The second kappa shape index (κ2) is 7.34. The zero-order chi connectivity index (χ0) is 17.9. The third-order valence-electron chi connectivity index (χ3n) is 4.36. The predicted octanol–water partition coefficient (Wildman–Crippen LogP) is 3.63. The van der Waals surface area contributed by atoms with Gasteiger partial charge in [-0.1, -0.05) is 31.2 Å². The maximum absolute atomic E-state index is 12.8. The zero-order valence-electron chi connectivity index (χ0n) is 14.7. The Morgan fingerprint density at radius 2 is 2.08 bits per heavy atom. The molecule has 128 valence electrons. The van der Waals surface area contributed by atoms with Crippen molar-refractivity contribution < 1.29 is 9.59 Å². The van der Waals surface area contributed by atoms with Crippen LogP contribution in [0.4, 0.5) is 10.5 Å². The van der Waals surface area contributed by atoms with Crippen LogP contribution >= 0.6 is 0 Å². The number of benzene rings is 1. The van der Waals surface area contributed by atoms with Crippen LogP contribution in [0.2, 0.25) is 0 Å². The maximum atomic E-state index is 12.8. The molecule has 1 aromatic rings. The van der Waals surface area contributed by atoms with Crippen molar-refractivity contribution in [2.75, 3.05) is 18.5 Å². The van der Waals surface area contributed by atoms with E-state index in [0.29, 0.717) is 12.1 Å². The van der Waals surface area contributed by atoms with Gasteiger partial charge in [0.25, 0.3) is 0 Å². The second-order valence-electron chi connectivity index (χ2n) is 5.98. The average molecular weight is 327 g/mol. The molecule has 0 spiro atoms. The summed E-state index contributed by atoms with van der Waals surface area (Å²) in [4.78, 5) is 27.8. The molecule has 0 bridgehead atoms. The summed E-state index contributed by atoms with van der Waals surface area (Å²) in [6.07, 6.45) is 6.96. The molecule has 0 aromatic heterocycles. The van der Waals surface area contributed by atoms with Gasteiger partial charge >= 0.3 is 6.03 Å². The van der Waals surface area contributed by atoms with E-state index in [2.05, 4.69) is 13.0 Å². The lowest BCUT2D eigenvalue weighted by molar-refractivity contribution is 0.1000. The fraction of sp³-hybridized carbons (Fsp3) is 0.368. The van der Waals surface area contributed by atoms with Crippen molar-refractivity contribution in [3.8, 4) is 0 Å². The van der Waals surface area contributed by atoms with Gasteiger partial charge in [-0.3, -0.25) is 9.69 Å². The first-order valence-corrected chi connectivity index (χ1v) is 8.20. The molecule has 1 aliphatic heterocycles. The molecule has 5 heteroatoms. The van der Waals surface area contributed by atoms with E-state index in [1.54, 1.807) is 29.0 Å². The van der Waals surface area contributed by atoms with Gasteiger partial charge in [-0.15, -0.1) is 0 Å². The van der Waals surface area contributed by atoms with Gasteiger partial charge in [0, 0.05) is 12.6 Å². The van der Waals surface area contributed by atoms with Crippen LogP contribution in [-0.4, -0.2) is 30.4 Å². The van der Waals surface area contributed by atoms with E-state index in [9.17, 15) is 9.59 Å². The third kappa shape index (κ3) is 3.35. The molecule has 2 rings (SSSR count). The lowest BCUT2D eigenvalue weighted by Gasteiger charge is -2.40. The van der Waals surface area contributed by atoms with Crippen LogP contribution in [0.1, 0.15) is 49.2 Å². The SMILES string of the molecule is C/C=C\C(=C/CC)CN1C(=O)N(C)C(C)c2ccc(C(N)=O)cc21. The number of nitrogens with zero attached hydrogens (tertiary/aromatic N) is 2. The number of carbonyl (C=O) groups is 2. The van der Waals surface area contributed by atoms with Gasteiger partial charge in [0.15, 0.2) is 0 Å². The van der Waals surface area contributed by atoms with Crippen molar-refractivity contribution in [2.24, 2.45) is 5.73 Å². The number of hydrogen-bond acceptors (Lipinski definition) is 2. The highest BCUT2D eigenvalue weighted by atomic mass is 16.2. The number of primary amides is 1. The van der Waals surface area contributed by atoms with E-state index in [-0.39, 0.29) is 12.1 Å². The molecular formula is C19H25N3O2. The van der Waals surface area contributed by atoms with Gasteiger partial charge in [0.2, 0.25) is 5.91 Å². The van der Waals surface area contributed by atoms with Crippen LogP contribution in [0.3, 0.4) is 0 Å². The molecule has 2 N–H and O–H groups in total. The Balaban J connectivity index is 2.52. The van der Waals surface area contributed by atoms with Gasteiger partial charge < -0.3 is 10.6 Å². The van der Waals surface area contributed by atoms with E-state index in [4.69, 9.17) is 5.73 Å². The minimum absolute atomic E-state index is 0.0500. The van der Waals surface area contributed by atoms with Crippen molar-refractivity contribution in [1.82, 2.24) is 4.90 Å². The van der Waals surface area contributed by atoms with Crippen molar-refractivity contribution in [3.05, 3.63) is 53.1 Å². The highest BCUT2D eigenvalue weighted by Crippen LogP contribution is 2.36. The van der Waals surface area contributed by atoms with E-state index in [1.807, 2.05) is 32.1 Å². The van der Waals surface area contributed by atoms with Gasteiger partial charge in [-0.05, 0) is 43.5 Å². The number of urea groups is 1. The summed E-state index contributed by atoms with van der Waals surface area (Å²) in [5.41, 5.74) is 8.65. The summed E-state index contributed by atoms with van der Waals surface area (Å²) >= 11 is 0. The Morgan fingerprint density at radius 3 is 2.67 bits per heavy atom. The number of carbonyl (C=O) groups excluding carboxylic acids is 2. The third-order valence-corrected chi connectivity index (χ3v) is 4.36. The quantitative estimate of drug-likeness (QED) is 0.839. The molecule has 1 heterocycles. The maximum Gasteiger partial charge on any atom is 0.325 e. The topological polar surface area (TPSA) is 66.6 Å². The Labute approximate surface area is 143 Å². The average Bonchev–Trinajstić information content (AvgIpc) is 2.56. The molecular weight excluding hydrogens is 302 g/mol. The van der Waals surface area contributed by atoms with Gasteiger partial charge in [0.05, 0.1) is 18.3 Å². The van der Waals surface area contributed by atoms with Gasteiger partial charge in [0.1, 0.15) is 0 Å². The number of anilines is 1. The lowest BCUT2D eigenvalue weighted by atomic mass is 9.98. The first-order valence-electron chi connectivity index (χ1n) is 8.20. The van der Waals surface area contributed by atoms with Crippen molar-refractivity contribution in [1.29, 1.82) is 0 Å². The predicted molar refractivity (Wildman–Crippen MR) is 97.1 cm³/mol. The minimum Gasteiger partial charge on any atom is -0.366 e. The molecule has 1 aromatic carbocycles. The fourth-order valence-electron chi connectivity index (χ4n) is 2.95. The summed E-state index contributed by atoms with van der Waals surface area (Å²) in [6.45, 7) is 6.46. The van der Waals surface area contributed by atoms with Gasteiger partial charge in [-0.2, -0.15) is 0 Å². The number of nitrogens with two attached hydrogens (primary N) is 1. The monoisotopic (exact) mass is 327 g/mol. The molecule has 24 heavy (non-hydrogen) atoms. The van der Waals surface area contributed by atoms with E-state index < -0.39 is 5.91 Å².